The highest BCUT2D eigenvalue weighted by molar-refractivity contribution is 6.08. The summed E-state index contributed by atoms with van der Waals surface area (Å²) in [5, 5.41) is 8.77. The van der Waals surface area contributed by atoms with Gasteiger partial charge in [-0.3, -0.25) is 4.79 Å². The van der Waals surface area contributed by atoms with Gasteiger partial charge in [-0.05, 0) is 29.8 Å². The van der Waals surface area contributed by atoms with Gasteiger partial charge < -0.3 is 5.11 Å². The Labute approximate surface area is 129 Å². The minimum atomic E-state index is -4.61. The van der Waals surface area contributed by atoms with E-state index in [2.05, 4.69) is 0 Å². The van der Waals surface area contributed by atoms with Crippen LogP contribution in [0.4, 0.5) is 13.2 Å². The molecule has 0 aliphatic carbocycles. The number of carbonyl (C=O) groups excluding carboxylic acids is 1. The highest BCUT2D eigenvalue weighted by Gasteiger charge is 2.34. The maximum absolute atomic E-state index is 12.9. The van der Waals surface area contributed by atoms with E-state index in [-0.39, 0.29) is 5.56 Å². The molecule has 6 heteroatoms. The van der Waals surface area contributed by atoms with Gasteiger partial charge in [0.2, 0.25) is 0 Å². The van der Waals surface area contributed by atoms with Gasteiger partial charge in [-0.15, -0.1) is 0 Å². The van der Waals surface area contributed by atoms with Crippen LogP contribution < -0.4 is 0 Å². The number of hydrogen-bond acceptors (Lipinski definition) is 2. The SMILES string of the molecule is O=C(O)c1ccc(/C=C/C(=O)c2ccccc2C(F)(F)F)cc1. The van der Waals surface area contributed by atoms with Crippen LogP contribution >= 0.6 is 0 Å². The smallest absolute Gasteiger partial charge is 0.417 e. The number of carbonyl (C=O) groups is 2. The number of hydrogen-bond donors (Lipinski definition) is 1. The van der Waals surface area contributed by atoms with Crippen molar-refractivity contribution in [2.45, 2.75) is 6.18 Å². The van der Waals surface area contributed by atoms with Crippen molar-refractivity contribution < 1.29 is 27.9 Å². The number of carboxylic acid groups (broad SMARTS) is 1. The topological polar surface area (TPSA) is 54.4 Å². The summed E-state index contributed by atoms with van der Waals surface area (Å²) in [6, 6.07) is 10.1. The second-order valence-electron chi connectivity index (χ2n) is 4.67. The molecule has 0 heterocycles. The molecule has 0 aliphatic heterocycles. The first-order chi connectivity index (χ1) is 10.8. The van der Waals surface area contributed by atoms with Gasteiger partial charge in [0, 0.05) is 5.56 Å². The number of ketones is 1. The van der Waals surface area contributed by atoms with E-state index in [0.29, 0.717) is 5.56 Å². The monoisotopic (exact) mass is 320 g/mol. The summed E-state index contributed by atoms with van der Waals surface area (Å²) in [6.45, 7) is 0. The summed E-state index contributed by atoms with van der Waals surface area (Å²) in [7, 11) is 0. The van der Waals surface area contributed by atoms with Crippen molar-refractivity contribution in [1.29, 1.82) is 0 Å². The van der Waals surface area contributed by atoms with E-state index in [1.54, 1.807) is 0 Å². The van der Waals surface area contributed by atoms with Crippen molar-refractivity contribution in [2.24, 2.45) is 0 Å². The van der Waals surface area contributed by atoms with Gasteiger partial charge in [-0.25, -0.2) is 4.79 Å². The summed E-state index contributed by atoms with van der Waals surface area (Å²) in [5.74, 6) is -1.86. The molecule has 0 bridgehead atoms. The molecular weight excluding hydrogens is 309 g/mol. The molecule has 0 spiro atoms. The Balaban J connectivity index is 2.24. The predicted molar refractivity (Wildman–Crippen MR) is 78.2 cm³/mol. The second kappa shape index (κ2) is 6.48. The fourth-order valence-electron chi connectivity index (χ4n) is 1.94. The van der Waals surface area contributed by atoms with Crippen LogP contribution in [0.2, 0.25) is 0 Å². The largest absolute Gasteiger partial charge is 0.478 e. The summed E-state index contributed by atoms with van der Waals surface area (Å²) in [4.78, 5) is 22.7. The molecule has 0 saturated heterocycles. The van der Waals surface area contributed by atoms with Crippen molar-refractivity contribution in [3.63, 3.8) is 0 Å². The summed E-state index contributed by atoms with van der Waals surface area (Å²) < 4.78 is 38.6. The van der Waals surface area contributed by atoms with Crippen molar-refractivity contribution in [2.75, 3.05) is 0 Å². The van der Waals surface area contributed by atoms with Crippen LogP contribution in [-0.4, -0.2) is 16.9 Å². The van der Waals surface area contributed by atoms with E-state index in [4.69, 9.17) is 5.11 Å². The van der Waals surface area contributed by atoms with Crippen LogP contribution in [0.3, 0.4) is 0 Å². The fraction of sp³-hybridized carbons (Fsp3) is 0.0588. The van der Waals surface area contributed by atoms with E-state index in [9.17, 15) is 22.8 Å². The lowest BCUT2D eigenvalue weighted by Crippen LogP contribution is -2.11. The maximum atomic E-state index is 12.9. The lowest BCUT2D eigenvalue weighted by molar-refractivity contribution is -0.137. The number of benzene rings is 2. The molecule has 0 aromatic heterocycles. The molecule has 0 fully saturated rings. The number of carboxylic acids is 1. The average molecular weight is 320 g/mol. The quantitative estimate of drug-likeness (QED) is 0.675. The lowest BCUT2D eigenvalue weighted by atomic mass is 10.0. The Hall–Kier alpha value is -2.89. The number of rotatable bonds is 4. The van der Waals surface area contributed by atoms with E-state index < -0.39 is 29.1 Å². The van der Waals surface area contributed by atoms with Crippen molar-refractivity contribution >= 4 is 17.8 Å². The Morgan fingerprint density at radius 3 is 2.13 bits per heavy atom. The highest BCUT2D eigenvalue weighted by atomic mass is 19.4. The third-order valence-corrected chi connectivity index (χ3v) is 3.08. The normalized spacial score (nSPS) is 11.6. The summed E-state index contributed by atoms with van der Waals surface area (Å²) in [5.41, 5.74) is -0.835. The molecule has 0 atom stereocenters. The van der Waals surface area contributed by atoms with E-state index in [1.807, 2.05) is 0 Å². The summed E-state index contributed by atoms with van der Waals surface area (Å²) >= 11 is 0. The van der Waals surface area contributed by atoms with Crippen molar-refractivity contribution in [3.8, 4) is 0 Å². The number of aromatic carboxylic acids is 1. The van der Waals surface area contributed by atoms with Crippen LogP contribution in [0, 0.1) is 0 Å². The van der Waals surface area contributed by atoms with Gasteiger partial charge in [-0.2, -0.15) is 13.2 Å². The first-order valence-corrected chi connectivity index (χ1v) is 6.51. The third-order valence-electron chi connectivity index (χ3n) is 3.08. The molecule has 0 unspecified atom stereocenters. The molecule has 0 saturated carbocycles. The highest BCUT2D eigenvalue weighted by Crippen LogP contribution is 2.32. The number of allylic oxidation sites excluding steroid dienone is 1. The van der Waals surface area contributed by atoms with Crippen LogP contribution in [0.1, 0.15) is 31.8 Å². The number of alkyl halides is 3. The van der Waals surface area contributed by atoms with Gasteiger partial charge >= 0.3 is 12.1 Å². The fourth-order valence-corrected chi connectivity index (χ4v) is 1.94. The zero-order valence-corrected chi connectivity index (χ0v) is 11.7. The van der Waals surface area contributed by atoms with E-state index in [0.717, 1.165) is 18.2 Å². The van der Waals surface area contributed by atoms with E-state index in [1.165, 1.54) is 42.5 Å². The molecule has 2 aromatic carbocycles. The average Bonchev–Trinajstić information content (AvgIpc) is 2.52. The molecule has 118 valence electrons. The molecule has 2 aromatic rings. The number of halogens is 3. The lowest BCUT2D eigenvalue weighted by Gasteiger charge is -2.10. The van der Waals surface area contributed by atoms with Crippen LogP contribution in [0.5, 0.6) is 0 Å². The van der Waals surface area contributed by atoms with Gasteiger partial charge in [0.25, 0.3) is 0 Å². The first-order valence-electron chi connectivity index (χ1n) is 6.51. The second-order valence-corrected chi connectivity index (χ2v) is 4.67. The molecule has 2 rings (SSSR count). The third kappa shape index (κ3) is 4.06. The Kier molecular flexibility index (Phi) is 4.64. The molecule has 23 heavy (non-hydrogen) atoms. The molecule has 1 N–H and O–H groups in total. The first kappa shape index (κ1) is 16.5. The molecule has 3 nitrogen and oxygen atoms in total. The van der Waals surface area contributed by atoms with E-state index >= 15 is 0 Å². The van der Waals surface area contributed by atoms with Gasteiger partial charge in [0.1, 0.15) is 0 Å². The minimum absolute atomic E-state index is 0.0795. The zero-order chi connectivity index (χ0) is 17.0. The Bertz CT molecular complexity index is 759. The van der Waals surface area contributed by atoms with Gasteiger partial charge in [0.05, 0.1) is 11.1 Å². The van der Waals surface area contributed by atoms with Gasteiger partial charge in [-0.1, -0.05) is 36.4 Å². The summed E-state index contributed by atoms with van der Waals surface area (Å²) in [6.07, 6.45) is -2.25. The zero-order valence-electron chi connectivity index (χ0n) is 11.7. The minimum Gasteiger partial charge on any atom is -0.478 e. The predicted octanol–water partition coefficient (Wildman–Crippen LogP) is 4.30. The molecule has 0 aliphatic rings. The molecule has 0 radical (unpaired) electrons. The van der Waals surface area contributed by atoms with Crippen molar-refractivity contribution in [1.82, 2.24) is 0 Å². The molecular formula is C17H11F3O3. The van der Waals surface area contributed by atoms with Gasteiger partial charge in [0.15, 0.2) is 5.78 Å². The van der Waals surface area contributed by atoms with Crippen molar-refractivity contribution in [3.05, 3.63) is 76.9 Å². The Morgan fingerprint density at radius 2 is 1.57 bits per heavy atom. The Morgan fingerprint density at radius 1 is 0.957 bits per heavy atom. The van der Waals surface area contributed by atoms with Crippen LogP contribution in [0.15, 0.2) is 54.6 Å². The van der Waals surface area contributed by atoms with Crippen LogP contribution in [-0.2, 0) is 6.18 Å². The molecule has 0 amide bonds. The standard InChI is InChI=1S/C17H11F3O3/c18-17(19,20)14-4-2-1-3-13(14)15(21)10-7-11-5-8-12(9-6-11)16(22)23/h1-10H,(H,22,23)/b10-7+. The maximum Gasteiger partial charge on any atom is 0.417 e. The van der Waals surface area contributed by atoms with Crippen LogP contribution in [0.25, 0.3) is 6.08 Å².